The number of nitrogens with zero attached hydrogens (tertiary/aromatic N) is 2. The number of hydrogen-bond acceptors (Lipinski definition) is 6. The third-order valence-electron chi connectivity index (χ3n) is 2.70. The highest BCUT2D eigenvalue weighted by Gasteiger charge is 2.33. The largest absolute Gasteiger partial charge is 0.433 e. The van der Waals surface area contributed by atoms with Gasteiger partial charge in [0.05, 0.1) is 6.04 Å². The number of nitrogen functional groups attached to an aromatic ring is 1. The normalized spacial score (nSPS) is 13.0. The third kappa shape index (κ3) is 3.82. The number of nitrogens with one attached hydrogen (secondary N) is 2. The van der Waals surface area contributed by atoms with Crippen LogP contribution in [0.4, 0.5) is 24.9 Å². The molecule has 2 heterocycles. The Morgan fingerprint density at radius 3 is 2.52 bits per heavy atom. The van der Waals surface area contributed by atoms with Crippen LogP contribution >= 0.6 is 11.3 Å². The molecule has 0 aliphatic heterocycles. The second-order valence-corrected chi connectivity index (χ2v) is 5.74. The number of hydrazine groups is 1. The van der Waals surface area contributed by atoms with Crippen LogP contribution in [0.15, 0.2) is 18.2 Å². The summed E-state index contributed by atoms with van der Waals surface area (Å²) in [5, 5.41) is 2.92. The minimum absolute atomic E-state index is 0.0591. The van der Waals surface area contributed by atoms with E-state index in [4.69, 9.17) is 5.84 Å². The van der Waals surface area contributed by atoms with Gasteiger partial charge in [-0.3, -0.25) is 5.43 Å². The predicted octanol–water partition coefficient (Wildman–Crippen LogP) is 3.32. The molecule has 4 N–H and O–H groups in total. The third-order valence-corrected chi connectivity index (χ3v) is 3.88. The summed E-state index contributed by atoms with van der Waals surface area (Å²) >= 11 is 1.57. The first-order chi connectivity index (χ1) is 9.79. The lowest BCUT2D eigenvalue weighted by Crippen LogP contribution is -2.17. The van der Waals surface area contributed by atoms with E-state index in [-0.39, 0.29) is 17.8 Å². The molecule has 2 aromatic heterocycles. The fourth-order valence-corrected chi connectivity index (χ4v) is 2.59. The van der Waals surface area contributed by atoms with Crippen molar-refractivity contribution in [3.63, 3.8) is 0 Å². The first kappa shape index (κ1) is 15.5. The Balaban J connectivity index is 2.27. The molecule has 0 aliphatic rings. The van der Waals surface area contributed by atoms with Gasteiger partial charge in [-0.2, -0.15) is 18.2 Å². The van der Waals surface area contributed by atoms with Crippen LogP contribution in [0, 0.1) is 6.92 Å². The lowest BCUT2D eigenvalue weighted by molar-refractivity contribution is -0.141. The Bertz CT molecular complexity index is 626. The van der Waals surface area contributed by atoms with Crippen LogP contribution in [-0.4, -0.2) is 9.97 Å². The van der Waals surface area contributed by atoms with Gasteiger partial charge in [0.1, 0.15) is 5.82 Å². The van der Waals surface area contributed by atoms with Crippen molar-refractivity contribution in [1.82, 2.24) is 9.97 Å². The summed E-state index contributed by atoms with van der Waals surface area (Å²) in [4.78, 5) is 9.31. The van der Waals surface area contributed by atoms with E-state index < -0.39 is 11.9 Å². The van der Waals surface area contributed by atoms with E-state index in [9.17, 15) is 13.2 Å². The molecule has 0 saturated heterocycles. The first-order valence-electron chi connectivity index (χ1n) is 6.05. The standard InChI is InChI=1S/C12H14F3N5S/c1-6-3-4-8(21-6)7(2)17-10-5-9(12(13,14)15)18-11(19-10)20-16/h3-5,7H,16H2,1-2H3,(H2,17,18,19,20). The molecule has 0 bridgehead atoms. The van der Waals surface area contributed by atoms with Crippen LogP contribution in [0.3, 0.4) is 0 Å². The summed E-state index contributed by atoms with van der Waals surface area (Å²) in [6.45, 7) is 3.81. The van der Waals surface area contributed by atoms with Crippen molar-refractivity contribution in [3.05, 3.63) is 33.6 Å². The molecule has 0 aliphatic carbocycles. The predicted molar refractivity (Wildman–Crippen MR) is 75.9 cm³/mol. The minimum atomic E-state index is -4.56. The first-order valence-corrected chi connectivity index (χ1v) is 6.87. The van der Waals surface area contributed by atoms with Crippen molar-refractivity contribution in [2.24, 2.45) is 5.84 Å². The molecule has 0 radical (unpaired) electrons. The van der Waals surface area contributed by atoms with E-state index in [1.54, 1.807) is 11.3 Å². The van der Waals surface area contributed by atoms with Crippen LogP contribution in [0.25, 0.3) is 0 Å². The number of thiophene rings is 1. The van der Waals surface area contributed by atoms with Crippen molar-refractivity contribution in [1.29, 1.82) is 0 Å². The molecule has 2 rings (SSSR count). The lowest BCUT2D eigenvalue weighted by atomic mass is 10.2. The van der Waals surface area contributed by atoms with Gasteiger partial charge in [-0.15, -0.1) is 11.3 Å². The molecule has 0 amide bonds. The van der Waals surface area contributed by atoms with E-state index in [0.29, 0.717) is 0 Å². The van der Waals surface area contributed by atoms with Gasteiger partial charge >= 0.3 is 6.18 Å². The number of aromatic nitrogens is 2. The minimum Gasteiger partial charge on any atom is -0.363 e. The van der Waals surface area contributed by atoms with Crippen molar-refractivity contribution in [3.8, 4) is 0 Å². The van der Waals surface area contributed by atoms with Crippen molar-refractivity contribution >= 4 is 23.1 Å². The molecule has 2 aromatic rings. The zero-order valence-corrected chi connectivity index (χ0v) is 12.1. The number of halogens is 3. The fourth-order valence-electron chi connectivity index (χ4n) is 1.71. The summed E-state index contributed by atoms with van der Waals surface area (Å²) < 4.78 is 38.3. The average Bonchev–Trinajstić information content (AvgIpc) is 2.84. The zero-order valence-electron chi connectivity index (χ0n) is 11.3. The molecule has 0 spiro atoms. The van der Waals surface area contributed by atoms with Gasteiger partial charge in [0.25, 0.3) is 0 Å². The molecular weight excluding hydrogens is 303 g/mol. The average molecular weight is 317 g/mol. The second kappa shape index (κ2) is 5.86. The Morgan fingerprint density at radius 1 is 1.29 bits per heavy atom. The molecule has 0 saturated carbocycles. The van der Waals surface area contributed by atoms with Crippen LogP contribution in [0.1, 0.15) is 28.4 Å². The summed E-state index contributed by atoms with van der Waals surface area (Å²) in [5.74, 6) is 4.88. The lowest BCUT2D eigenvalue weighted by Gasteiger charge is -2.15. The molecule has 0 aromatic carbocycles. The SMILES string of the molecule is Cc1ccc(C(C)Nc2cc(C(F)(F)F)nc(NN)n2)s1. The number of aryl methyl sites for hydroxylation is 1. The van der Waals surface area contributed by atoms with Gasteiger partial charge in [-0.1, -0.05) is 0 Å². The number of nitrogens with two attached hydrogens (primary N) is 1. The molecule has 9 heteroatoms. The van der Waals surface area contributed by atoms with Gasteiger partial charge in [0.2, 0.25) is 5.95 Å². The van der Waals surface area contributed by atoms with Gasteiger partial charge in [-0.05, 0) is 26.0 Å². The van der Waals surface area contributed by atoms with Crippen molar-refractivity contribution in [2.75, 3.05) is 10.7 Å². The number of anilines is 2. The Morgan fingerprint density at radius 2 is 2.00 bits per heavy atom. The monoisotopic (exact) mass is 317 g/mol. The number of hydrogen-bond donors (Lipinski definition) is 3. The van der Waals surface area contributed by atoms with Gasteiger partial charge in [-0.25, -0.2) is 10.8 Å². The molecule has 114 valence electrons. The van der Waals surface area contributed by atoms with E-state index in [0.717, 1.165) is 15.8 Å². The highest BCUT2D eigenvalue weighted by atomic mass is 32.1. The molecule has 5 nitrogen and oxygen atoms in total. The maximum Gasteiger partial charge on any atom is 0.433 e. The van der Waals surface area contributed by atoms with Crippen molar-refractivity contribution in [2.45, 2.75) is 26.1 Å². The Hall–Kier alpha value is -1.87. The Labute approximate surface area is 123 Å². The van der Waals surface area contributed by atoms with E-state index in [2.05, 4.69) is 15.3 Å². The van der Waals surface area contributed by atoms with Crippen LogP contribution in [-0.2, 0) is 6.18 Å². The maximum atomic E-state index is 12.8. The molecule has 1 atom stereocenters. The van der Waals surface area contributed by atoms with Crippen LogP contribution in [0.2, 0.25) is 0 Å². The number of rotatable bonds is 4. The molecular formula is C12H14F3N5S. The van der Waals surface area contributed by atoms with Gasteiger partial charge in [0, 0.05) is 15.8 Å². The quantitative estimate of drug-likeness (QED) is 0.596. The Kier molecular flexibility index (Phi) is 4.33. The summed E-state index contributed by atoms with van der Waals surface area (Å²) in [6.07, 6.45) is -4.56. The molecule has 0 fully saturated rings. The van der Waals surface area contributed by atoms with E-state index in [1.807, 2.05) is 31.4 Å². The van der Waals surface area contributed by atoms with Crippen molar-refractivity contribution < 1.29 is 13.2 Å². The molecule has 1 unspecified atom stereocenters. The van der Waals surface area contributed by atoms with Gasteiger partial charge in [0.15, 0.2) is 5.69 Å². The second-order valence-electron chi connectivity index (χ2n) is 4.42. The summed E-state index contributed by atoms with van der Waals surface area (Å²) in [5.41, 5.74) is 0.984. The fraction of sp³-hybridized carbons (Fsp3) is 0.333. The highest BCUT2D eigenvalue weighted by Crippen LogP contribution is 2.31. The topological polar surface area (TPSA) is 75.9 Å². The maximum absolute atomic E-state index is 12.8. The van der Waals surface area contributed by atoms with Crippen LogP contribution < -0.4 is 16.6 Å². The summed E-state index contributed by atoms with van der Waals surface area (Å²) in [7, 11) is 0. The smallest absolute Gasteiger partial charge is 0.363 e. The molecule has 21 heavy (non-hydrogen) atoms. The highest BCUT2D eigenvalue weighted by molar-refractivity contribution is 7.12. The number of alkyl halides is 3. The van der Waals surface area contributed by atoms with E-state index in [1.165, 1.54) is 0 Å². The van der Waals surface area contributed by atoms with Gasteiger partial charge < -0.3 is 5.32 Å². The zero-order chi connectivity index (χ0) is 15.6. The summed E-state index contributed by atoms with van der Waals surface area (Å²) in [6, 6.07) is 4.56. The van der Waals surface area contributed by atoms with Crippen LogP contribution in [0.5, 0.6) is 0 Å². The van der Waals surface area contributed by atoms with E-state index >= 15 is 0 Å².